The predicted octanol–water partition coefficient (Wildman–Crippen LogP) is 3.07. The second kappa shape index (κ2) is 6.44. The Morgan fingerprint density at radius 3 is 2.53 bits per heavy atom. The third-order valence-corrected chi connectivity index (χ3v) is 3.51. The van der Waals surface area contributed by atoms with Crippen LogP contribution in [0.15, 0.2) is 24.3 Å². The van der Waals surface area contributed by atoms with Crippen molar-refractivity contribution < 1.29 is 9.90 Å². The minimum absolute atomic E-state index is 0.487. The molecule has 19 heavy (non-hydrogen) atoms. The fourth-order valence-electron chi connectivity index (χ4n) is 1.50. The molecule has 0 saturated heterocycles. The molecular formula is C15H21NO2Si. The van der Waals surface area contributed by atoms with Crippen molar-refractivity contribution in [2.45, 2.75) is 26.1 Å². The highest BCUT2D eigenvalue weighted by molar-refractivity contribution is 6.83. The average molecular weight is 275 g/mol. The molecule has 3 nitrogen and oxygen atoms in total. The first-order valence-corrected chi connectivity index (χ1v) is 9.85. The predicted molar refractivity (Wildman–Crippen MR) is 81.0 cm³/mol. The van der Waals surface area contributed by atoms with Crippen molar-refractivity contribution in [3.8, 4) is 11.5 Å². The summed E-state index contributed by atoms with van der Waals surface area (Å²) in [5.74, 6) is 3.25. The Kier molecular flexibility index (Phi) is 5.19. The largest absolute Gasteiger partial charge is 0.465 e. The van der Waals surface area contributed by atoms with Crippen LogP contribution in [0.5, 0.6) is 0 Å². The van der Waals surface area contributed by atoms with E-state index in [-0.39, 0.29) is 0 Å². The Morgan fingerprint density at radius 2 is 1.95 bits per heavy atom. The highest BCUT2D eigenvalue weighted by atomic mass is 28.3. The highest BCUT2D eigenvalue weighted by Crippen LogP contribution is 2.09. The molecule has 0 aliphatic rings. The van der Waals surface area contributed by atoms with Gasteiger partial charge in [0.1, 0.15) is 8.07 Å². The van der Waals surface area contributed by atoms with Crippen LogP contribution in [-0.2, 0) is 6.42 Å². The van der Waals surface area contributed by atoms with E-state index in [4.69, 9.17) is 5.11 Å². The van der Waals surface area contributed by atoms with Crippen LogP contribution in [0.2, 0.25) is 19.6 Å². The summed E-state index contributed by atoms with van der Waals surface area (Å²) in [6.07, 6.45) is -0.204. The van der Waals surface area contributed by atoms with Gasteiger partial charge in [-0.25, -0.2) is 4.79 Å². The van der Waals surface area contributed by atoms with Gasteiger partial charge in [-0.05, 0) is 18.1 Å². The normalized spacial score (nSPS) is 10.5. The molecule has 0 atom stereocenters. The molecule has 1 rings (SSSR count). The van der Waals surface area contributed by atoms with Gasteiger partial charge in [-0.15, -0.1) is 5.54 Å². The fourth-order valence-corrected chi connectivity index (χ4v) is 2.01. The lowest BCUT2D eigenvalue weighted by Crippen LogP contribution is -2.27. The van der Waals surface area contributed by atoms with Gasteiger partial charge in [-0.1, -0.05) is 43.8 Å². The summed E-state index contributed by atoms with van der Waals surface area (Å²) < 4.78 is 0. The minimum atomic E-state index is -1.39. The van der Waals surface area contributed by atoms with Crippen LogP contribution in [0, 0.1) is 11.5 Å². The molecule has 0 radical (unpaired) electrons. The van der Waals surface area contributed by atoms with E-state index in [0.717, 1.165) is 11.1 Å². The summed E-state index contributed by atoms with van der Waals surface area (Å²) in [4.78, 5) is 12.1. The molecule has 0 aliphatic heterocycles. The Morgan fingerprint density at radius 1 is 1.32 bits per heavy atom. The van der Waals surface area contributed by atoms with Crippen molar-refractivity contribution in [2.24, 2.45) is 0 Å². The molecule has 1 amide bonds. The fraction of sp³-hybridized carbons (Fsp3) is 0.400. The van der Waals surface area contributed by atoms with Gasteiger partial charge in [0, 0.05) is 19.2 Å². The number of hydrogen-bond donors (Lipinski definition) is 1. The van der Waals surface area contributed by atoms with Crippen molar-refractivity contribution in [2.75, 3.05) is 13.6 Å². The maximum absolute atomic E-state index is 10.8. The second-order valence-corrected chi connectivity index (χ2v) is 10.4. The Balaban J connectivity index is 2.84. The smallest absolute Gasteiger partial charge is 0.407 e. The number of hydrogen-bond acceptors (Lipinski definition) is 1. The van der Waals surface area contributed by atoms with E-state index >= 15 is 0 Å². The van der Waals surface area contributed by atoms with Gasteiger partial charge in [0.05, 0.1) is 0 Å². The third-order valence-electron chi connectivity index (χ3n) is 2.63. The summed E-state index contributed by atoms with van der Waals surface area (Å²) in [5.41, 5.74) is 5.48. The Hall–Kier alpha value is -1.73. The molecule has 0 fully saturated rings. The van der Waals surface area contributed by atoms with Crippen LogP contribution >= 0.6 is 0 Å². The summed E-state index contributed by atoms with van der Waals surface area (Å²) in [5, 5.41) is 8.84. The van der Waals surface area contributed by atoms with Crippen LogP contribution < -0.4 is 0 Å². The molecule has 0 unspecified atom stereocenters. The van der Waals surface area contributed by atoms with Gasteiger partial charge in [0.2, 0.25) is 0 Å². The Labute approximate surface area is 116 Å². The first-order chi connectivity index (χ1) is 8.79. The zero-order valence-electron chi connectivity index (χ0n) is 12.0. The van der Waals surface area contributed by atoms with E-state index in [2.05, 4.69) is 31.1 Å². The van der Waals surface area contributed by atoms with Gasteiger partial charge >= 0.3 is 6.09 Å². The number of likely N-dealkylation sites (N-methyl/N-ethyl adjacent to an activating group) is 1. The van der Waals surface area contributed by atoms with E-state index in [1.54, 1.807) is 7.05 Å². The number of rotatable bonds is 3. The number of benzene rings is 1. The molecule has 0 aliphatic carbocycles. The molecule has 0 aromatic heterocycles. The number of amides is 1. The van der Waals surface area contributed by atoms with Gasteiger partial charge in [0.25, 0.3) is 0 Å². The molecule has 1 aromatic carbocycles. The summed E-state index contributed by atoms with van der Waals surface area (Å²) in [6, 6.07) is 7.96. The number of carbonyl (C=O) groups is 1. The SMILES string of the molecule is CN(CCc1ccccc1C#C[Si](C)(C)C)C(=O)O. The number of nitrogens with zero attached hydrogens (tertiary/aromatic N) is 1. The summed E-state index contributed by atoms with van der Waals surface area (Å²) >= 11 is 0. The zero-order chi connectivity index (χ0) is 14.5. The molecule has 0 saturated carbocycles. The molecule has 1 N–H and O–H groups in total. The van der Waals surface area contributed by atoms with E-state index in [1.165, 1.54) is 4.90 Å². The zero-order valence-corrected chi connectivity index (χ0v) is 13.0. The lowest BCUT2D eigenvalue weighted by molar-refractivity contribution is 0.156. The van der Waals surface area contributed by atoms with Crippen LogP contribution in [0.4, 0.5) is 4.79 Å². The van der Waals surface area contributed by atoms with Crippen molar-refractivity contribution in [3.63, 3.8) is 0 Å². The molecule has 102 valence electrons. The molecule has 0 heterocycles. The third kappa shape index (κ3) is 5.62. The average Bonchev–Trinajstić information content (AvgIpc) is 2.33. The quantitative estimate of drug-likeness (QED) is 0.680. The molecule has 4 heteroatoms. The van der Waals surface area contributed by atoms with Crippen molar-refractivity contribution in [1.29, 1.82) is 0 Å². The molecule has 0 spiro atoms. The standard InChI is InChI=1S/C15H21NO2Si/c1-16(15(17)18)11-9-13-7-5-6-8-14(13)10-12-19(2,3)4/h5-8H,9,11H2,1-4H3,(H,17,18). The van der Waals surface area contributed by atoms with Crippen molar-refractivity contribution in [3.05, 3.63) is 35.4 Å². The number of carboxylic acid groups (broad SMARTS) is 1. The second-order valence-electron chi connectivity index (χ2n) is 5.61. The molecular weight excluding hydrogens is 254 g/mol. The van der Waals surface area contributed by atoms with Crippen molar-refractivity contribution >= 4 is 14.2 Å². The van der Waals surface area contributed by atoms with Gasteiger partial charge in [-0.2, -0.15) is 0 Å². The van der Waals surface area contributed by atoms with E-state index < -0.39 is 14.2 Å². The van der Waals surface area contributed by atoms with E-state index in [9.17, 15) is 4.79 Å². The van der Waals surface area contributed by atoms with Crippen LogP contribution in [0.3, 0.4) is 0 Å². The maximum atomic E-state index is 10.8. The van der Waals surface area contributed by atoms with Gasteiger partial charge < -0.3 is 10.0 Å². The monoisotopic (exact) mass is 275 g/mol. The summed E-state index contributed by atoms with van der Waals surface area (Å²) in [7, 11) is 0.191. The van der Waals surface area contributed by atoms with Crippen LogP contribution in [0.25, 0.3) is 0 Å². The van der Waals surface area contributed by atoms with Gasteiger partial charge in [-0.3, -0.25) is 0 Å². The summed E-state index contributed by atoms with van der Waals surface area (Å²) in [6.45, 7) is 7.11. The first-order valence-electron chi connectivity index (χ1n) is 6.35. The minimum Gasteiger partial charge on any atom is -0.465 e. The van der Waals surface area contributed by atoms with Crippen LogP contribution in [0.1, 0.15) is 11.1 Å². The van der Waals surface area contributed by atoms with Crippen molar-refractivity contribution in [1.82, 2.24) is 4.90 Å². The molecule has 0 bridgehead atoms. The highest BCUT2D eigenvalue weighted by Gasteiger charge is 2.09. The maximum Gasteiger partial charge on any atom is 0.407 e. The van der Waals surface area contributed by atoms with E-state index in [1.807, 2.05) is 24.3 Å². The van der Waals surface area contributed by atoms with Gasteiger partial charge in [0.15, 0.2) is 0 Å². The first kappa shape index (κ1) is 15.3. The lowest BCUT2D eigenvalue weighted by atomic mass is 10.1. The van der Waals surface area contributed by atoms with E-state index in [0.29, 0.717) is 13.0 Å². The molecule has 1 aromatic rings. The topological polar surface area (TPSA) is 40.5 Å². The lowest BCUT2D eigenvalue weighted by Gasteiger charge is -2.13. The Bertz CT molecular complexity index is 509. The van der Waals surface area contributed by atoms with Crippen LogP contribution in [-0.4, -0.2) is 37.8 Å².